The number of hydrogen-bond acceptors (Lipinski definition) is 7. The van der Waals surface area contributed by atoms with Crippen molar-refractivity contribution in [1.29, 1.82) is 0 Å². The van der Waals surface area contributed by atoms with E-state index in [0.717, 1.165) is 76.0 Å². The van der Waals surface area contributed by atoms with Gasteiger partial charge in [0.15, 0.2) is 5.16 Å². The number of aryl methyl sites for hydroxylation is 2. The topological polar surface area (TPSA) is 79.6 Å². The fraction of sp³-hybridized carbons (Fsp3) is 0.310. The molecule has 1 aliphatic carbocycles. The van der Waals surface area contributed by atoms with Gasteiger partial charge in [-0.25, -0.2) is 10.4 Å². The molecule has 7 nitrogen and oxygen atoms in total. The van der Waals surface area contributed by atoms with Gasteiger partial charge >= 0.3 is 0 Å². The zero-order valence-corrected chi connectivity index (χ0v) is 25.2. The number of amides is 1. The van der Waals surface area contributed by atoms with E-state index in [2.05, 4.69) is 57.3 Å². The van der Waals surface area contributed by atoms with Crippen LogP contribution in [0.3, 0.4) is 0 Å². The highest BCUT2D eigenvalue weighted by molar-refractivity contribution is 9.10. The molecular weight excluding hydrogens is 594 g/mol. The number of thioether (sulfide) groups is 1. The number of aromatic nitrogens is 2. The van der Waals surface area contributed by atoms with Crippen LogP contribution in [0.4, 0.5) is 5.69 Å². The Morgan fingerprint density at radius 3 is 2.56 bits per heavy atom. The van der Waals surface area contributed by atoms with Gasteiger partial charge in [0, 0.05) is 28.1 Å². The Hall–Kier alpha value is -2.95. The van der Waals surface area contributed by atoms with Crippen LogP contribution in [0, 0.1) is 0 Å². The Labute approximate surface area is 244 Å². The molecule has 0 atom stereocenters. The van der Waals surface area contributed by atoms with Crippen LogP contribution in [-0.4, -0.2) is 40.5 Å². The molecule has 0 unspecified atom stereocenters. The van der Waals surface area contributed by atoms with Gasteiger partial charge in [-0.2, -0.15) is 5.10 Å². The molecule has 1 N–H and O–H groups in total. The van der Waals surface area contributed by atoms with Crippen LogP contribution in [0.15, 0.2) is 68.1 Å². The molecule has 2 aromatic heterocycles. The van der Waals surface area contributed by atoms with Crippen LogP contribution >= 0.6 is 39.0 Å². The molecule has 202 valence electrons. The maximum Gasteiger partial charge on any atom is 0.267 e. The van der Waals surface area contributed by atoms with E-state index in [4.69, 9.17) is 4.98 Å². The number of fused-ring (bicyclic) bond motifs is 3. The number of nitrogens with one attached hydrogen (secondary N) is 1. The number of nitrogens with zero attached hydrogens (tertiary/aromatic N) is 4. The molecule has 0 spiro atoms. The zero-order valence-electron chi connectivity index (χ0n) is 21.9. The summed E-state index contributed by atoms with van der Waals surface area (Å²) < 4.78 is 2.56. The van der Waals surface area contributed by atoms with Crippen molar-refractivity contribution >= 4 is 67.1 Å². The summed E-state index contributed by atoms with van der Waals surface area (Å²) in [6.07, 6.45) is 5.77. The molecule has 0 radical (unpaired) electrons. The van der Waals surface area contributed by atoms with Crippen LogP contribution in [0.25, 0.3) is 15.9 Å². The maximum absolute atomic E-state index is 13.8. The van der Waals surface area contributed by atoms with Gasteiger partial charge < -0.3 is 4.90 Å². The molecule has 0 saturated heterocycles. The molecule has 39 heavy (non-hydrogen) atoms. The molecule has 5 rings (SSSR count). The predicted octanol–water partition coefficient (Wildman–Crippen LogP) is 6.18. The first-order valence-corrected chi connectivity index (χ1v) is 15.7. The molecule has 2 aromatic carbocycles. The zero-order chi connectivity index (χ0) is 27.4. The summed E-state index contributed by atoms with van der Waals surface area (Å²) in [4.78, 5) is 35.7. The van der Waals surface area contributed by atoms with Gasteiger partial charge in [0.25, 0.3) is 11.5 Å². The van der Waals surface area contributed by atoms with E-state index in [1.54, 1.807) is 22.1 Å². The SMILES string of the molecule is CCN(CC)c1ccc(C=NNC(=O)CSc2nc3sc4c(c3c(=O)n2-c2ccc(Br)cc2)CCCC4)cc1. The first-order chi connectivity index (χ1) is 19.0. The Morgan fingerprint density at radius 2 is 1.85 bits per heavy atom. The lowest BCUT2D eigenvalue weighted by atomic mass is 9.97. The highest BCUT2D eigenvalue weighted by Gasteiger charge is 2.23. The van der Waals surface area contributed by atoms with Gasteiger partial charge in [-0.15, -0.1) is 11.3 Å². The standard InChI is InChI=1S/C29H30BrN5O2S2/c1-3-34(4-2)21-13-9-19(10-14-21)17-31-33-25(36)18-38-29-32-27-26(23-7-5-6-8-24(23)39-27)28(37)35(29)22-15-11-20(30)12-16-22/h9-17H,3-8,18H2,1-2H3,(H,33,36). The van der Waals surface area contributed by atoms with Crippen LogP contribution in [0.2, 0.25) is 0 Å². The number of rotatable bonds is 9. The van der Waals surface area contributed by atoms with E-state index >= 15 is 0 Å². The van der Waals surface area contributed by atoms with Crippen LogP contribution < -0.4 is 15.9 Å². The largest absolute Gasteiger partial charge is 0.372 e. The molecule has 0 bridgehead atoms. The fourth-order valence-electron chi connectivity index (χ4n) is 4.80. The predicted molar refractivity (Wildman–Crippen MR) is 166 cm³/mol. The van der Waals surface area contributed by atoms with Crippen molar-refractivity contribution in [2.75, 3.05) is 23.7 Å². The van der Waals surface area contributed by atoms with Crippen molar-refractivity contribution in [3.63, 3.8) is 0 Å². The highest BCUT2D eigenvalue weighted by atomic mass is 79.9. The van der Waals surface area contributed by atoms with E-state index in [0.29, 0.717) is 5.16 Å². The lowest BCUT2D eigenvalue weighted by molar-refractivity contribution is -0.118. The summed E-state index contributed by atoms with van der Waals surface area (Å²) in [7, 11) is 0. The summed E-state index contributed by atoms with van der Waals surface area (Å²) in [5.74, 6) is -0.184. The van der Waals surface area contributed by atoms with Crippen molar-refractivity contribution < 1.29 is 4.79 Å². The average molecular weight is 625 g/mol. The maximum atomic E-state index is 13.8. The van der Waals surface area contributed by atoms with Crippen molar-refractivity contribution in [1.82, 2.24) is 15.0 Å². The third-order valence-electron chi connectivity index (χ3n) is 6.80. The second kappa shape index (κ2) is 12.5. The highest BCUT2D eigenvalue weighted by Crippen LogP contribution is 2.35. The van der Waals surface area contributed by atoms with Gasteiger partial charge in [0.2, 0.25) is 0 Å². The van der Waals surface area contributed by atoms with Crippen LogP contribution in [0.5, 0.6) is 0 Å². The Bertz CT molecular complexity index is 1560. The summed E-state index contributed by atoms with van der Waals surface area (Å²) in [6, 6.07) is 15.6. The number of halogens is 1. The number of benzene rings is 2. The van der Waals surface area contributed by atoms with Gasteiger partial charge in [-0.05, 0) is 87.1 Å². The van der Waals surface area contributed by atoms with Crippen molar-refractivity contribution in [2.45, 2.75) is 44.7 Å². The van der Waals surface area contributed by atoms with Gasteiger partial charge in [-0.1, -0.05) is 39.8 Å². The molecule has 0 saturated carbocycles. The smallest absolute Gasteiger partial charge is 0.267 e. The third kappa shape index (κ3) is 6.13. The monoisotopic (exact) mass is 623 g/mol. The van der Waals surface area contributed by atoms with Crippen LogP contribution in [0.1, 0.15) is 42.7 Å². The number of carbonyl (C=O) groups excluding carboxylic acids is 1. The van der Waals surface area contributed by atoms with Gasteiger partial charge in [0.05, 0.1) is 23.0 Å². The fourth-order valence-corrected chi connectivity index (χ4v) is 7.17. The van der Waals surface area contributed by atoms with Crippen molar-refractivity contribution in [2.24, 2.45) is 5.10 Å². The van der Waals surface area contributed by atoms with E-state index in [1.165, 1.54) is 16.6 Å². The first-order valence-electron chi connectivity index (χ1n) is 13.1. The average Bonchev–Trinajstić information content (AvgIpc) is 3.33. The molecular formula is C29H30BrN5O2S2. The van der Waals surface area contributed by atoms with Gasteiger partial charge in [-0.3, -0.25) is 14.2 Å². The summed E-state index contributed by atoms with van der Waals surface area (Å²) in [5, 5.41) is 5.35. The lowest BCUT2D eigenvalue weighted by Crippen LogP contribution is -2.24. The number of thiophene rings is 1. The van der Waals surface area contributed by atoms with E-state index in [-0.39, 0.29) is 17.2 Å². The minimum absolute atomic E-state index is 0.0733. The second-order valence-electron chi connectivity index (χ2n) is 9.25. The second-order valence-corrected chi connectivity index (χ2v) is 12.2. The molecule has 0 fully saturated rings. The molecule has 4 aromatic rings. The van der Waals surface area contributed by atoms with E-state index in [1.807, 2.05) is 36.4 Å². The number of carbonyl (C=O) groups is 1. The Balaban J connectivity index is 1.34. The summed E-state index contributed by atoms with van der Waals surface area (Å²) in [6.45, 7) is 6.16. The normalized spacial score (nSPS) is 13.1. The molecule has 1 aliphatic rings. The van der Waals surface area contributed by atoms with E-state index < -0.39 is 0 Å². The number of hydrogen-bond donors (Lipinski definition) is 1. The Morgan fingerprint density at radius 1 is 1.13 bits per heavy atom. The minimum Gasteiger partial charge on any atom is -0.372 e. The van der Waals surface area contributed by atoms with E-state index in [9.17, 15) is 9.59 Å². The van der Waals surface area contributed by atoms with Crippen molar-refractivity contribution in [3.05, 3.63) is 79.4 Å². The van der Waals surface area contributed by atoms with Crippen molar-refractivity contribution in [3.8, 4) is 5.69 Å². The molecule has 0 aliphatic heterocycles. The number of hydrazone groups is 1. The minimum atomic E-state index is -0.266. The summed E-state index contributed by atoms with van der Waals surface area (Å²) in [5.41, 5.74) is 6.46. The van der Waals surface area contributed by atoms with Gasteiger partial charge in [0.1, 0.15) is 4.83 Å². The summed E-state index contributed by atoms with van der Waals surface area (Å²) >= 11 is 6.32. The molecule has 10 heteroatoms. The Kier molecular flexibility index (Phi) is 8.84. The molecule has 1 amide bonds. The molecule has 2 heterocycles. The quantitative estimate of drug-likeness (QED) is 0.104. The number of anilines is 1. The lowest BCUT2D eigenvalue weighted by Gasteiger charge is -2.20. The third-order valence-corrected chi connectivity index (χ3v) is 9.45. The van der Waals surface area contributed by atoms with Crippen LogP contribution in [-0.2, 0) is 17.6 Å². The first kappa shape index (κ1) is 27.6.